The molecule has 0 atom stereocenters. The number of rotatable bonds is 1. The molecule has 0 fully saturated rings. The molecule has 1 aromatic heterocycles. The van der Waals surface area contributed by atoms with Gasteiger partial charge in [-0.05, 0) is 29.8 Å². The molecule has 0 aliphatic rings. The highest BCUT2D eigenvalue weighted by Gasteiger charge is 2.04. The highest BCUT2D eigenvalue weighted by atomic mass is 35.5. The lowest BCUT2D eigenvalue weighted by molar-refractivity contribution is 1.66. The molecular formula is C15H9ClOS. The highest BCUT2D eigenvalue weighted by molar-refractivity contribution is 7.21. The predicted molar refractivity (Wildman–Crippen MR) is 78.5 cm³/mol. The minimum Gasteiger partial charge on any atom is -0.289 e. The standard InChI is InChI=1S/C15H9ClOS/c16-11-7-5-10(6-8-11)15-9-13(17)12-3-1-2-4-14(12)18-15/h1-9H. The summed E-state index contributed by atoms with van der Waals surface area (Å²) in [5.41, 5.74) is 1.08. The summed E-state index contributed by atoms with van der Waals surface area (Å²) in [4.78, 5) is 13.0. The first-order valence-corrected chi connectivity index (χ1v) is 6.72. The van der Waals surface area contributed by atoms with Gasteiger partial charge in [-0.3, -0.25) is 4.79 Å². The molecule has 2 aromatic carbocycles. The monoisotopic (exact) mass is 272 g/mol. The molecule has 0 amide bonds. The number of hydrogen-bond donors (Lipinski definition) is 0. The quantitative estimate of drug-likeness (QED) is 0.634. The maximum absolute atomic E-state index is 12.0. The van der Waals surface area contributed by atoms with E-state index in [1.165, 1.54) is 0 Å². The zero-order valence-corrected chi connectivity index (χ0v) is 11.0. The second-order valence-corrected chi connectivity index (χ2v) is 5.50. The Kier molecular flexibility index (Phi) is 2.90. The molecular weight excluding hydrogens is 264 g/mol. The first-order valence-electron chi connectivity index (χ1n) is 5.53. The van der Waals surface area contributed by atoms with Crippen molar-refractivity contribution in [3.63, 3.8) is 0 Å². The van der Waals surface area contributed by atoms with Crippen molar-refractivity contribution in [3.8, 4) is 10.4 Å². The maximum atomic E-state index is 12.0. The normalized spacial score (nSPS) is 10.7. The van der Waals surface area contributed by atoms with Gasteiger partial charge < -0.3 is 0 Å². The minimum absolute atomic E-state index is 0.0642. The van der Waals surface area contributed by atoms with Crippen molar-refractivity contribution in [3.05, 3.63) is 69.8 Å². The molecule has 3 rings (SSSR count). The van der Waals surface area contributed by atoms with Crippen LogP contribution in [0.5, 0.6) is 0 Å². The fraction of sp³-hybridized carbons (Fsp3) is 0. The molecule has 1 heterocycles. The van der Waals surface area contributed by atoms with E-state index >= 15 is 0 Å². The van der Waals surface area contributed by atoms with Gasteiger partial charge in [0, 0.05) is 26.1 Å². The molecule has 0 bridgehead atoms. The number of hydrogen-bond acceptors (Lipinski definition) is 2. The van der Waals surface area contributed by atoms with Crippen LogP contribution >= 0.6 is 22.9 Å². The lowest BCUT2D eigenvalue weighted by Gasteiger charge is -2.02. The van der Waals surface area contributed by atoms with Crippen molar-refractivity contribution in [1.29, 1.82) is 0 Å². The third kappa shape index (κ3) is 2.05. The second kappa shape index (κ2) is 4.56. The van der Waals surface area contributed by atoms with Crippen LogP contribution < -0.4 is 5.43 Å². The molecule has 0 unspecified atom stereocenters. The molecule has 0 N–H and O–H groups in total. The Bertz CT molecular complexity index is 759. The van der Waals surface area contributed by atoms with E-state index in [1.807, 2.05) is 48.5 Å². The lowest BCUT2D eigenvalue weighted by atomic mass is 10.2. The Morgan fingerprint density at radius 1 is 0.944 bits per heavy atom. The third-order valence-corrected chi connectivity index (χ3v) is 4.16. The van der Waals surface area contributed by atoms with Crippen LogP contribution in [0.4, 0.5) is 0 Å². The van der Waals surface area contributed by atoms with E-state index in [0.29, 0.717) is 5.02 Å². The molecule has 88 valence electrons. The van der Waals surface area contributed by atoms with Crippen molar-refractivity contribution in [1.82, 2.24) is 0 Å². The van der Waals surface area contributed by atoms with E-state index in [1.54, 1.807) is 17.4 Å². The fourth-order valence-electron chi connectivity index (χ4n) is 1.86. The Hall–Kier alpha value is -1.64. The molecule has 0 aliphatic carbocycles. The van der Waals surface area contributed by atoms with Crippen LogP contribution in [-0.4, -0.2) is 0 Å². The van der Waals surface area contributed by atoms with E-state index in [0.717, 1.165) is 20.5 Å². The van der Waals surface area contributed by atoms with Crippen LogP contribution in [0.1, 0.15) is 0 Å². The summed E-state index contributed by atoms with van der Waals surface area (Å²) in [6.45, 7) is 0. The summed E-state index contributed by atoms with van der Waals surface area (Å²) in [5, 5.41) is 1.48. The van der Waals surface area contributed by atoms with Crippen LogP contribution in [0.15, 0.2) is 59.4 Å². The summed E-state index contributed by atoms with van der Waals surface area (Å²) in [6.07, 6.45) is 0. The molecule has 1 nitrogen and oxygen atoms in total. The second-order valence-electron chi connectivity index (χ2n) is 3.98. The average Bonchev–Trinajstić information content (AvgIpc) is 2.39. The topological polar surface area (TPSA) is 17.1 Å². The van der Waals surface area contributed by atoms with Gasteiger partial charge in [-0.15, -0.1) is 11.3 Å². The van der Waals surface area contributed by atoms with E-state index in [2.05, 4.69) is 0 Å². The van der Waals surface area contributed by atoms with E-state index in [9.17, 15) is 4.79 Å². The average molecular weight is 273 g/mol. The Labute approximate surface area is 113 Å². The van der Waals surface area contributed by atoms with Gasteiger partial charge in [0.1, 0.15) is 0 Å². The van der Waals surface area contributed by atoms with Crippen LogP contribution in [-0.2, 0) is 0 Å². The Balaban J connectivity index is 2.24. The predicted octanol–water partition coefficient (Wildman–Crippen LogP) is 4.58. The molecule has 18 heavy (non-hydrogen) atoms. The zero-order chi connectivity index (χ0) is 12.5. The smallest absolute Gasteiger partial charge is 0.188 e. The van der Waals surface area contributed by atoms with Crippen LogP contribution in [0.2, 0.25) is 5.02 Å². The maximum Gasteiger partial charge on any atom is 0.188 e. The van der Waals surface area contributed by atoms with Crippen molar-refractivity contribution in [2.75, 3.05) is 0 Å². The van der Waals surface area contributed by atoms with Gasteiger partial charge in [0.15, 0.2) is 5.43 Å². The van der Waals surface area contributed by atoms with Gasteiger partial charge in [0.25, 0.3) is 0 Å². The highest BCUT2D eigenvalue weighted by Crippen LogP contribution is 2.28. The summed E-state index contributed by atoms with van der Waals surface area (Å²) in [6, 6.07) is 16.9. The van der Waals surface area contributed by atoms with Gasteiger partial charge in [0.2, 0.25) is 0 Å². The number of halogens is 1. The van der Waals surface area contributed by atoms with E-state index in [4.69, 9.17) is 11.6 Å². The first kappa shape index (κ1) is 11.5. The van der Waals surface area contributed by atoms with Crippen LogP contribution in [0.25, 0.3) is 20.5 Å². The largest absolute Gasteiger partial charge is 0.289 e. The summed E-state index contributed by atoms with van der Waals surface area (Å²) in [5.74, 6) is 0. The molecule has 0 spiro atoms. The SMILES string of the molecule is O=c1cc(-c2ccc(Cl)cc2)sc2ccccc12. The van der Waals surface area contributed by atoms with Crippen LogP contribution in [0.3, 0.4) is 0 Å². The minimum atomic E-state index is 0.0642. The fourth-order valence-corrected chi connectivity index (χ4v) is 3.07. The molecule has 0 aliphatic heterocycles. The molecule has 3 aromatic rings. The summed E-state index contributed by atoms with van der Waals surface area (Å²) in [7, 11) is 0. The molecule has 0 saturated carbocycles. The molecule has 0 radical (unpaired) electrons. The van der Waals surface area contributed by atoms with Crippen LogP contribution in [0, 0.1) is 0 Å². The van der Waals surface area contributed by atoms with Crippen molar-refractivity contribution in [2.24, 2.45) is 0 Å². The third-order valence-electron chi connectivity index (χ3n) is 2.76. The van der Waals surface area contributed by atoms with Gasteiger partial charge in [-0.1, -0.05) is 35.9 Å². The number of fused-ring (bicyclic) bond motifs is 1. The van der Waals surface area contributed by atoms with Crippen molar-refractivity contribution >= 4 is 33.0 Å². The van der Waals surface area contributed by atoms with Gasteiger partial charge in [-0.2, -0.15) is 0 Å². The Morgan fingerprint density at radius 2 is 1.67 bits per heavy atom. The summed E-state index contributed by atoms with van der Waals surface area (Å²) < 4.78 is 1.01. The number of benzene rings is 2. The van der Waals surface area contributed by atoms with Crippen molar-refractivity contribution in [2.45, 2.75) is 0 Å². The van der Waals surface area contributed by atoms with Crippen molar-refractivity contribution < 1.29 is 0 Å². The lowest BCUT2D eigenvalue weighted by Crippen LogP contribution is -1.98. The van der Waals surface area contributed by atoms with Gasteiger partial charge >= 0.3 is 0 Å². The first-order chi connectivity index (χ1) is 8.74. The summed E-state index contributed by atoms with van der Waals surface area (Å²) >= 11 is 7.48. The van der Waals surface area contributed by atoms with Gasteiger partial charge in [-0.25, -0.2) is 0 Å². The van der Waals surface area contributed by atoms with E-state index in [-0.39, 0.29) is 5.43 Å². The molecule has 3 heteroatoms. The Morgan fingerprint density at radius 3 is 2.44 bits per heavy atom. The molecule has 0 saturated heterocycles. The zero-order valence-electron chi connectivity index (χ0n) is 9.39. The van der Waals surface area contributed by atoms with Gasteiger partial charge in [0.05, 0.1) is 0 Å². The van der Waals surface area contributed by atoms with E-state index < -0.39 is 0 Å².